The van der Waals surface area contributed by atoms with Gasteiger partial charge in [-0.15, -0.1) is 0 Å². The van der Waals surface area contributed by atoms with Crippen LogP contribution in [0.4, 0.5) is 0 Å². The zero-order valence-corrected chi connectivity index (χ0v) is 11.3. The molecule has 0 atom stereocenters. The highest BCUT2D eigenvalue weighted by Crippen LogP contribution is 2.17. The first kappa shape index (κ1) is 12.9. The first-order chi connectivity index (χ1) is 9.88. The van der Waals surface area contributed by atoms with Crippen molar-refractivity contribution in [3.63, 3.8) is 0 Å². The highest BCUT2D eigenvalue weighted by Gasteiger charge is 2.03. The van der Waals surface area contributed by atoms with Gasteiger partial charge in [-0.25, -0.2) is 0 Å². The Morgan fingerprint density at radius 3 is 2.45 bits per heavy atom. The number of aromatic nitrogens is 1. The molecule has 0 saturated heterocycles. The van der Waals surface area contributed by atoms with Crippen molar-refractivity contribution in [2.24, 2.45) is 0 Å². The highest BCUT2D eigenvalue weighted by molar-refractivity contribution is 5.82. The predicted molar refractivity (Wildman–Crippen MR) is 81.2 cm³/mol. The van der Waals surface area contributed by atoms with E-state index in [0.717, 1.165) is 24.2 Å². The Bertz CT molecular complexity index is 703. The van der Waals surface area contributed by atoms with Crippen molar-refractivity contribution < 1.29 is 5.11 Å². The molecule has 0 bridgehead atoms. The molecule has 3 aromatic rings. The first-order valence-electron chi connectivity index (χ1n) is 6.82. The number of hydrogen-bond acceptors (Lipinski definition) is 2. The Balaban J connectivity index is 1.69. The molecule has 20 heavy (non-hydrogen) atoms. The molecule has 0 saturated carbocycles. The van der Waals surface area contributed by atoms with Crippen molar-refractivity contribution in [3.8, 4) is 0 Å². The van der Waals surface area contributed by atoms with Crippen molar-refractivity contribution in [2.45, 2.75) is 19.7 Å². The van der Waals surface area contributed by atoms with Gasteiger partial charge in [-0.1, -0.05) is 36.4 Å². The first-order valence-corrected chi connectivity index (χ1v) is 6.82. The van der Waals surface area contributed by atoms with E-state index in [-0.39, 0.29) is 6.61 Å². The van der Waals surface area contributed by atoms with Gasteiger partial charge in [0.25, 0.3) is 0 Å². The number of rotatable bonds is 5. The lowest BCUT2D eigenvalue weighted by molar-refractivity contribution is 0.280. The second kappa shape index (κ2) is 5.90. The maximum atomic E-state index is 9.32. The van der Waals surface area contributed by atoms with E-state index in [1.807, 2.05) is 24.4 Å². The molecule has 2 aromatic carbocycles. The normalized spacial score (nSPS) is 11.1. The van der Waals surface area contributed by atoms with Gasteiger partial charge in [-0.2, -0.15) is 0 Å². The summed E-state index contributed by atoms with van der Waals surface area (Å²) >= 11 is 0. The molecular formula is C17H18N2O. The molecule has 3 N–H and O–H groups in total. The molecular weight excluding hydrogens is 248 g/mol. The third kappa shape index (κ3) is 2.59. The van der Waals surface area contributed by atoms with Crippen LogP contribution in [0.5, 0.6) is 0 Å². The molecule has 3 heteroatoms. The Labute approximate surface area is 118 Å². The molecule has 1 heterocycles. The van der Waals surface area contributed by atoms with Gasteiger partial charge in [0.1, 0.15) is 0 Å². The molecule has 0 aliphatic heterocycles. The van der Waals surface area contributed by atoms with Crippen LogP contribution in [0.25, 0.3) is 10.9 Å². The Kier molecular flexibility index (Phi) is 3.81. The van der Waals surface area contributed by atoms with Crippen LogP contribution in [0.15, 0.2) is 54.7 Å². The lowest BCUT2D eigenvalue weighted by Crippen LogP contribution is -2.14. The second-order valence-electron chi connectivity index (χ2n) is 4.89. The van der Waals surface area contributed by atoms with Crippen LogP contribution in [0.1, 0.15) is 16.7 Å². The Hall–Kier alpha value is -2.10. The molecule has 0 amide bonds. The summed E-state index contributed by atoms with van der Waals surface area (Å²) in [5, 5.41) is 14.0. The van der Waals surface area contributed by atoms with Crippen molar-refractivity contribution in [1.29, 1.82) is 0 Å². The van der Waals surface area contributed by atoms with Crippen LogP contribution >= 0.6 is 0 Å². The predicted octanol–water partition coefficient (Wildman–Crippen LogP) is 2.95. The largest absolute Gasteiger partial charge is 0.392 e. The molecule has 0 aliphatic carbocycles. The number of aliphatic hydroxyl groups excluding tert-OH is 1. The highest BCUT2D eigenvalue weighted by atomic mass is 16.3. The molecule has 0 radical (unpaired) electrons. The number of hydrogen-bond donors (Lipinski definition) is 3. The van der Waals surface area contributed by atoms with Crippen LogP contribution in [0, 0.1) is 0 Å². The number of aromatic amines is 1. The molecule has 1 aromatic heterocycles. The Morgan fingerprint density at radius 1 is 0.850 bits per heavy atom. The minimum Gasteiger partial charge on any atom is -0.392 e. The number of fused-ring (bicyclic) bond motifs is 1. The average Bonchev–Trinajstić information content (AvgIpc) is 2.97. The molecule has 0 fully saturated rings. The van der Waals surface area contributed by atoms with Crippen molar-refractivity contribution in [3.05, 3.63) is 71.4 Å². The van der Waals surface area contributed by atoms with Gasteiger partial charge in [0.05, 0.1) is 6.61 Å². The fraction of sp³-hybridized carbons (Fsp3) is 0.176. The molecule has 0 unspecified atom stereocenters. The maximum Gasteiger partial charge on any atom is 0.0685 e. The lowest BCUT2D eigenvalue weighted by atomic mass is 10.1. The van der Waals surface area contributed by atoms with Gasteiger partial charge < -0.3 is 15.4 Å². The summed E-state index contributed by atoms with van der Waals surface area (Å²) in [6, 6.07) is 16.4. The average molecular weight is 266 g/mol. The molecule has 0 spiro atoms. The van der Waals surface area contributed by atoms with E-state index in [1.165, 1.54) is 16.5 Å². The van der Waals surface area contributed by atoms with Gasteiger partial charge in [0, 0.05) is 30.2 Å². The maximum absolute atomic E-state index is 9.32. The number of aliphatic hydroxyl groups is 1. The summed E-state index contributed by atoms with van der Waals surface area (Å²) in [6.07, 6.45) is 1.97. The van der Waals surface area contributed by atoms with Crippen molar-refractivity contribution >= 4 is 10.9 Å². The minimum atomic E-state index is 0.0885. The second-order valence-corrected chi connectivity index (χ2v) is 4.89. The van der Waals surface area contributed by atoms with E-state index in [4.69, 9.17) is 0 Å². The van der Waals surface area contributed by atoms with E-state index in [0.29, 0.717) is 0 Å². The van der Waals surface area contributed by atoms with Gasteiger partial charge in [0.2, 0.25) is 0 Å². The van der Waals surface area contributed by atoms with E-state index in [9.17, 15) is 5.11 Å². The van der Waals surface area contributed by atoms with Gasteiger partial charge >= 0.3 is 0 Å². The molecule has 3 nitrogen and oxygen atoms in total. The molecule has 102 valence electrons. The summed E-state index contributed by atoms with van der Waals surface area (Å²) in [5.41, 5.74) is 4.58. The van der Waals surface area contributed by atoms with Crippen LogP contribution in [-0.2, 0) is 19.7 Å². The van der Waals surface area contributed by atoms with Crippen LogP contribution < -0.4 is 5.32 Å². The van der Waals surface area contributed by atoms with E-state index in [1.54, 1.807) is 0 Å². The summed E-state index contributed by atoms with van der Waals surface area (Å²) in [6.45, 7) is 1.66. The summed E-state index contributed by atoms with van der Waals surface area (Å²) in [5.74, 6) is 0. The van der Waals surface area contributed by atoms with Crippen molar-refractivity contribution in [1.82, 2.24) is 10.3 Å². The quantitative estimate of drug-likeness (QED) is 0.665. The van der Waals surface area contributed by atoms with E-state index < -0.39 is 0 Å². The third-order valence-corrected chi connectivity index (χ3v) is 3.60. The molecule has 3 rings (SSSR count). The van der Waals surface area contributed by atoms with Crippen molar-refractivity contribution in [2.75, 3.05) is 0 Å². The van der Waals surface area contributed by atoms with E-state index in [2.05, 4.69) is 40.6 Å². The summed E-state index contributed by atoms with van der Waals surface area (Å²) < 4.78 is 0. The lowest BCUT2D eigenvalue weighted by Gasteiger charge is -2.09. The van der Waals surface area contributed by atoms with Gasteiger partial charge in [-0.3, -0.25) is 0 Å². The zero-order chi connectivity index (χ0) is 13.8. The SMILES string of the molecule is OCc1ccccc1CNCc1cccc2[nH]ccc12. The van der Waals surface area contributed by atoms with Crippen LogP contribution in [0.2, 0.25) is 0 Å². The smallest absolute Gasteiger partial charge is 0.0685 e. The summed E-state index contributed by atoms with van der Waals surface area (Å²) in [7, 11) is 0. The zero-order valence-electron chi connectivity index (χ0n) is 11.3. The molecule has 0 aliphatic rings. The van der Waals surface area contributed by atoms with E-state index >= 15 is 0 Å². The topological polar surface area (TPSA) is 48.0 Å². The standard InChI is InChI=1S/C17H18N2O/c20-12-15-5-2-1-4-13(15)10-18-11-14-6-3-7-17-16(14)8-9-19-17/h1-9,18-20H,10-12H2. The number of H-pyrrole nitrogens is 1. The van der Waals surface area contributed by atoms with Gasteiger partial charge in [0.15, 0.2) is 0 Å². The van der Waals surface area contributed by atoms with Crippen LogP contribution in [0.3, 0.4) is 0 Å². The number of benzene rings is 2. The minimum absolute atomic E-state index is 0.0885. The fourth-order valence-electron chi connectivity index (χ4n) is 2.52. The summed E-state index contributed by atoms with van der Waals surface area (Å²) in [4.78, 5) is 3.23. The van der Waals surface area contributed by atoms with Gasteiger partial charge in [-0.05, 0) is 28.8 Å². The number of nitrogens with one attached hydrogen (secondary N) is 2. The Morgan fingerprint density at radius 2 is 1.60 bits per heavy atom. The van der Waals surface area contributed by atoms with Crippen LogP contribution in [-0.4, -0.2) is 10.1 Å². The fourth-order valence-corrected chi connectivity index (χ4v) is 2.52. The third-order valence-electron chi connectivity index (χ3n) is 3.60. The monoisotopic (exact) mass is 266 g/mol.